The van der Waals surface area contributed by atoms with Crippen LogP contribution in [0.15, 0.2) is 60.7 Å². The average molecular weight is 397 g/mol. The molecule has 5 rings (SSSR count). The maximum Gasteiger partial charge on any atom is 0.0352 e. The highest BCUT2D eigenvalue weighted by atomic mass is 32.1. The molecule has 0 fully saturated rings. The summed E-state index contributed by atoms with van der Waals surface area (Å²) in [4.78, 5) is 1.52. The van der Waals surface area contributed by atoms with Gasteiger partial charge in [0.15, 0.2) is 0 Å². The van der Waals surface area contributed by atoms with Crippen molar-refractivity contribution >= 4 is 53.7 Å². The molecule has 0 atom stereocenters. The molecule has 1 heteroatoms. The number of hydrogen-bond donors (Lipinski definition) is 0. The number of aryl methyl sites for hydroxylation is 2. The third-order valence-electron chi connectivity index (χ3n) is 6.18. The van der Waals surface area contributed by atoms with E-state index in [-0.39, 0.29) is 0 Å². The van der Waals surface area contributed by atoms with Crippen LogP contribution < -0.4 is 0 Å². The number of unbranched alkanes of at least 4 members (excludes halogenated alkanes) is 2. The summed E-state index contributed by atoms with van der Waals surface area (Å²) >= 11 is 1.97. The first-order chi connectivity index (χ1) is 14.3. The van der Waals surface area contributed by atoms with E-state index in [1.807, 2.05) is 11.3 Å². The van der Waals surface area contributed by atoms with Crippen LogP contribution in [-0.2, 0) is 12.8 Å². The molecule has 0 aliphatic carbocycles. The van der Waals surface area contributed by atoms with Gasteiger partial charge < -0.3 is 0 Å². The third kappa shape index (κ3) is 3.42. The van der Waals surface area contributed by atoms with Gasteiger partial charge in [-0.25, -0.2) is 0 Å². The Morgan fingerprint density at radius 1 is 0.586 bits per heavy atom. The summed E-state index contributed by atoms with van der Waals surface area (Å²) in [7, 11) is 0. The number of benzene rings is 4. The van der Waals surface area contributed by atoms with Gasteiger partial charge in [-0.2, -0.15) is 0 Å². The van der Waals surface area contributed by atoms with Crippen molar-refractivity contribution in [3.8, 4) is 0 Å². The first kappa shape index (κ1) is 18.6. The molecule has 5 aromatic rings. The van der Waals surface area contributed by atoms with Gasteiger partial charge in [0, 0.05) is 15.0 Å². The highest BCUT2D eigenvalue weighted by Gasteiger charge is 2.09. The van der Waals surface area contributed by atoms with E-state index in [1.165, 1.54) is 91.4 Å². The fraction of sp³-hybridized carbons (Fsp3) is 0.286. The van der Waals surface area contributed by atoms with E-state index in [9.17, 15) is 0 Å². The highest BCUT2D eigenvalue weighted by molar-refractivity contribution is 7.19. The predicted molar refractivity (Wildman–Crippen MR) is 132 cm³/mol. The zero-order chi connectivity index (χ0) is 19.8. The second kappa shape index (κ2) is 7.80. The summed E-state index contributed by atoms with van der Waals surface area (Å²) in [6.45, 7) is 4.53. The maximum atomic E-state index is 2.44. The Morgan fingerprint density at radius 3 is 2.21 bits per heavy atom. The largest absolute Gasteiger partial charge is 0.140 e. The lowest BCUT2D eigenvalue weighted by molar-refractivity contribution is 0.796. The minimum atomic E-state index is 1.18. The van der Waals surface area contributed by atoms with Crippen LogP contribution in [0.3, 0.4) is 0 Å². The molecular weight excluding hydrogens is 368 g/mol. The Labute approximate surface area is 177 Å². The van der Waals surface area contributed by atoms with E-state index in [2.05, 4.69) is 74.5 Å². The topological polar surface area (TPSA) is 0 Å². The molecule has 0 aliphatic heterocycles. The van der Waals surface area contributed by atoms with Gasteiger partial charge in [-0.05, 0) is 87.8 Å². The summed E-state index contributed by atoms with van der Waals surface area (Å²) in [5.41, 5.74) is 1.46. The lowest BCUT2D eigenvalue weighted by atomic mass is 9.95. The van der Waals surface area contributed by atoms with E-state index >= 15 is 0 Å². The normalized spacial score (nSPS) is 11.9. The van der Waals surface area contributed by atoms with Crippen molar-refractivity contribution in [1.82, 2.24) is 0 Å². The summed E-state index contributed by atoms with van der Waals surface area (Å²) < 4.78 is 1.42. The second-order valence-electron chi connectivity index (χ2n) is 8.31. The number of fused-ring (bicyclic) bond motifs is 6. The fourth-order valence-electron chi connectivity index (χ4n) is 4.52. The van der Waals surface area contributed by atoms with E-state index in [4.69, 9.17) is 0 Å². The molecule has 29 heavy (non-hydrogen) atoms. The number of thiophene rings is 1. The van der Waals surface area contributed by atoms with Gasteiger partial charge in [-0.1, -0.05) is 63.1 Å². The van der Waals surface area contributed by atoms with Gasteiger partial charge >= 0.3 is 0 Å². The standard InChI is InChI=1S/C28H28S/c1-3-5-7-19-9-10-20-17-26-21(16-22(20)15-19)11-12-25-24(26)13-14-28-27(25)18-23(29-28)8-6-4-2/h9-18H,3-8H2,1-2H3. The molecule has 0 spiro atoms. The molecule has 0 saturated carbocycles. The number of hydrogen-bond acceptors (Lipinski definition) is 1. The monoisotopic (exact) mass is 396 g/mol. The van der Waals surface area contributed by atoms with Gasteiger partial charge in [-0.3, -0.25) is 0 Å². The SMILES string of the molecule is CCCCc1ccc2cc3c(ccc4c5cc(CCCC)sc5ccc34)cc2c1. The van der Waals surface area contributed by atoms with Gasteiger partial charge in [-0.15, -0.1) is 11.3 Å². The Bertz CT molecular complexity index is 1320. The zero-order valence-electron chi connectivity index (χ0n) is 17.4. The second-order valence-corrected chi connectivity index (χ2v) is 9.48. The van der Waals surface area contributed by atoms with Crippen molar-refractivity contribution in [1.29, 1.82) is 0 Å². The minimum Gasteiger partial charge on any atom is -0.140 e. The number of rotatable bonds is 6. The molecule has 0 aliphatic rings. The van der Waals surface area contributed by atoms with Crippen molar-refractivity contribution < 1.29 is 0 Å². The summed E-state index contributed by atoms with van der Waals surface area (Å²) in [5, 5.41) is 9.64. The van der Waals surface area contributed by atoms with Crippen LogP contribution in [-0.4, -0.2) is 0 Å². The third-order valence-corrected chi connectivity index (χ3v) is 7.34. The van der Waals surface area contributed by atoms with Crippen LogP contribution in [0.5, 0.6) is 0 Å². The molecule has 0 unspecified atom stereocenters. The van der Waals surface area contributed by atoms with E-state index < -0.39 is 0 Å². The Kier molecular flexibility index (Phi) is 5.01. The van der Waals surface area contributed by atoms with Gasteiger partial charge in [0.25, 0.3) is 0 Å². The van der Waals surface area contributed by atoms with Crippen LogP contribution in [0.2, 0.25) is 0 Å². The van der Waals surface area contributed by atoms with Crippen LogP contribution in [0.1, 0.15) is 50.0 Å². The van der Waals surface area contributed by atoms with E-state index in [0.717, 1.165) is 0 Å². The van der Waals surface area contributed by atoms with Crippen LogP contribution >= 0.6 is 11.3 Å². The van der Waals surface area contributed by atoms with Gasteiger partial charge in [0.1, 0.15) is 0 Å². The van der Waals surface area contributed by atoms with Crippen molar-refractivity contribution in [3.05, 3.63) is 71.1 Å². The molecule has 0 saturated heterocycles. The molecule has 0 N–H and O–H groups in total. The van der Waals surface area contributed by atoms with E-state index in [0.29, 0.717) is 0 Å². The van der Waals surface area contributed by atoms with Crippen molar-refractivity contribution in [2.75, 3.05) is 0 Å². The smallest absolute Gasteiger partial charge is 0.0352 e. The molecule has 146 valence electrons. The first-order valence-corrected chi connectivity index (χ1v) is 11.9. The molecule has 4 aromatic carbocycles. The predicted octanol–water partition coefficient (Wildman–Crippen LogP) is 9.05. The molecule has 0 nitrogen and oxygen atoms in total. The van der Waals surface area contributed by atoms with Crippen LogP contribution in [0.4, 0.5) is 0 Å². The van der Waals surface area contributed by atoms with Crippen molar-refractivity contribution in [2.24, 2.45) is 0 Å². The highest BCUT2D eigenvalue weighted by Crippen LogP contribution is 2.37. The minimum absolute atomic E-state index is 1.18. The van der Waals surface area contributed by atoms with Crippen LogP contribution in [0, 0.1) is 0 Å². The van der Waals surface area contributed by atoms with Crippen LogP contribution in [0.25, 0.3) is 42.4 Å². The maximum absolute atomic E-state index is 2.44. The van der Waals surface area contributed by atoms with Crippen molar-refractivity contribution in [3.63, 3.8) is 0 Å². The molecule has 0 amide bonds. The summed E-state index contributed by atoms with van der Waals surface area (Å²) in [6, 6.07) is 23.5. The quantitative estimate of drug-likeness (QED) is 0.198. The first-order valence-electron chi connectivity index (χ1n) is 11.1. The molecule has 1 aromatic heterocycles. The average Bonchev–Trinajstić information content (AvgIpc) is 3.18. The molecule has 1 heterocycles. The fourth-order valence-corrected chi connectivity index (χ4v) is 5.64. The Balaban J connectivity index is 1.67. The van der Waals surface area contributed by atoms with Crippen molar-refractivity contribution in [2.45, 2.75) is 52.4 Å². The molecular formula is C28H28S. The summed E-state index contributed by atoms with van der Waals surface area (Å²) in [5.74, 6) is 0. The van der Waals surface area contributed by atoms with Gasteiger partial charge in [0.2, 0.25) is 0 Å². The molecule has 0 radical (unpaired) electrons. The van der Waals surface area contributed by atoms with Gasteiger partial charge in [0.05, 0.1) is 0 Å². The lowest BCUT2D eigenvalue weighted by Gasteiger charge is -2.09. The Morgan fingerprint density at radius 2 is 1.34 bits per heavy atom. The lowest BCUT2D eigenvalue weighted by Crippen LogP contribution is -1.86. The molecule has 0 bridgehead atoms. The van der Waals surface area contributed by atoms with E-state index in [1.54, 1.807) is 0 Å². The summed E-state index contributed by atoms with van der Waals surface area (Å²) in [6.07, 6.45) is 7.43. The Hall–Kier alpha value is -2.38. The zero-order valence-corrected chi connectivity index (χ0v) is 18.2.